The van der Waals surface area contributed by atoms with Gasteiger partial charge in [0.25, 0.3) is 0 Å². The van der Waals surface area contributed by atoms with Crippen LogP contribution >= 0.6 is 0 Å². The standard InChI is InChI=1S/C15H16F3NO2/c16-15(17,18)8-4-7-14(20)19-11-21-10-13(19)9-12-5-2-1-3-6-12/h1-7,13H,8-11H2/t13-/m1/s1. The summed E-state index contributed by atoms with van der Waals surface area (Å²) in [5.41, 5.74) is 1.06. The summed E-state index contributed by atoms with van der Waals surface area (Å²) in [6.45, 7) is 0.514. The average Bonchev–Trinajstić information content (AvgIpc) is 2.86. The summed E-state index contributed by atoms with van der Waals surface area (Å²) < 4.78 is 41.4. The number of benzene rings is 1. The van der Waals surface area contributed by atoms with Crippen molar-refractivity contribution in [3.8, 4) is 0 Å². The Morgan fingerprint density at radius 1 is 1.33 bits per heavy atom. The van der Waals surface area contributed by atoms with Crippen LogP contribution in [0, 0.1) is 0 Å². The molecular formula is C15H16F3NO2. The largest absolute Gasteiger partial charge is 0.392 e. The van der Waals surface area contributed by atoms with Crippen molar-refractivity contribution in [2.75, 3.05) is 13.3 Å². The zero-order chi connectivity index (χ0) is 15.3. The van der Waals surface area contributed by atoms with E-state index >= 15 is 0 Å². The number of carbonyl (C=O) groups excluding carboxylic acids is 1. The number of ether oxygens (including phenoxy) is 1. The van der Waals surface area contributed by atoms with Gasteiger partial charge in [0.15, 0.2) is 0 Å². The van der Waals surface area contributed by atoms with Gasteiger partial charge < -0.3 is 9.64 Å². The van der Waals surface area contributed by atoms with Crippen molar-refractivity contribution < 1.29 is 22.7 Å². The molecule has 1 heterocycles. The summed E-state index contributed by atoms with van der Waals surface area (Å²) in [5.74, 6) is -0.447. The third-order valence-electron chi connectivity index (χ3n) is 3.19. The lowest BCUT2D eigenvalue weighted by Crippen LogP contribution is -2.37. The molecule has 21 heavy (non-hydrogen) atoms. The summed E-state index contributed by atoms with van der Waals surface area (Å²) >= 11 is 0. The normalized spacial score (nSPS) is 19.4. The van der Waals surface area contributed by atoms with E-state index in [1.165, 1.54) is 4.90 Å². The lowest BCUT2D eigenvalue weighted by Gasteiger charge is -2.21. The molecular weight excluding hydrogens is 283 g/mol. The number of halogens is 3. The number of hydrogen-bond acceptors (Lipinski definition) is 2. The highest BCUT2D eigenvalue weighted by molar-refractivity contribution is 5.87. The molecule has 1 fully saturated rings. The van der Waals surface area contributed by atoms with Crippen molar-refractivity contribution in [1.82, 2.24) is 4.90 Å². The number of amides is 1. The van der Waals surface area contributed by atoms with Crippen LogP contribution in [-0.4, -0.2) is 36.4 Å². The molecule has 1 atom stereocenters. The minimum Gasteiger partial charge on any atom is -0.359 e. The fourth-order valence-electron chi connectivity index (χ4n) is 2.17. The predicted octanol–water partition coefficient (Wildman–Crippen LogP) is 2.92. The first-order valence-electron chi connectivity index (χ1n) is 6.61. The van der Waals surface area contributed by atoms with Crippen molar-refractivity contribution in [2.45, 2.75) is 25.1 Å². The van der Waals surface area contributed by atoms with Gasteiger partial charge in [-0.3, -0.25) is 4.79 Å². The number of nitrogens with zero attached hydrogens (tertiary/aromatic N) is 1. The third kappa shape index (κ3) is 4.90. The third-order valence-corrected chi connectivity index (χ3v) is 3.19. The highest BCUT2D eigenvalue weighted by Crippen LogP contribution is 2.20. The van der Waals surface area contributed by atoms with E-state index in [1.54, 1.807) is 0 Å². The van der Waals surface area contributed by atoms with Crippen LogP contribution in [0.5, 0.6) is 0 Å². The van der Waals surface area contributed by atoms with Gasteiger partial charge in [0, 0.05) is 0 Å². The molecule has 1 saturated heterocycles. The van der Waals surface area contributed by atoms with Crippen LogP contribution in [0.15, 0.2) is 42.5 Å². The second-order valence-electron chi connectivity index (χ2n) is 4.87. The number of hydrogen-bond donors (Lipinski definition) is 0. The van der Waals surface area contributed by atoms with Crippen molar-refractivity contribution in [3.63, 3.8) is 0 Å². The van der Waals surface area contributed by atoms with Crippen LogP contribution in [-0.2, 0) is 16.0 Å². The van der Waals surface area contributed by atoms with Crippen LogP contribution in [0.3, 0.4) is 0 Å². The molecule has 1 aromatic carbocycles. The van der Waals surface area contributed by atoms with Gasteiger partial charge in [-0.05, 0) is 18.1 Å². The van der Waals surface area contributed by atoms with Crippen molar-refractivity contribution in [2.24, 2.45) is 0 Å². The van der Waals surface area contributed by atoms with E-state index in [2.05, 4.69) is 0 Å². The lowest BCUT2D eigenvalue weighted by molar-refractivity contribution is -0.128. The molecule has 0 bridgehead atoms. The smallest absolute Gasteiger partial charge is 0.359 e. The molecule has 3 nitrogen and oxygen atoms in total. The van der Waals surface area contributed by atoms with Crippen LogP contribution in [0.25, 0.3) is 0 Å². The van der Waals surface area contributed by atoms with Crippen molar-refractivity contribution >= 4 is 5.91 Å². The van der Waals surface area contributed by atoms with Crippen LogP contribution in [0.4, 0.5) is 13.2 Å². The molecule has 0 aliphatic carbocycles. The predicted molar refractivity (Wildman–Crippen MR) is 71.4 cm³/mol. The van der Waals surface area contributed by atoms with Gasteiger partial charge in [0.05, 0.1) is 19.1 Å². The molecule has 1 aliphatic rings. The van der Waals surface area contributed by atoms with Crippen LogP contribution < -0.4 is 0 Å². The fourth-order valence-corrected chi connectivity index (χ4v) is 2.17. The molecule has 0 N–H and O–H groups in total. The van der Waals surface area contributed by atoms with Gasteiger partial charge in [-0.25, -0.2) is 0 Å². The highest BCUT2D eigenvalue weighted by atomic mass is 19.4. The first-order chi connectivity index (χ1) is 9.96. The number of allylic oxidation sites excluding steroid dienone is 1. The first kappa shape index (κ1) is 15.6. The highest BCUT2D eigenvalue weighted by Gasteiger charge is 2.29. The summed E-state index contributed by atoms with van der Waals surface area (Å²) in [4.78, 5) is 13.4. The van der Waals surface area contributed by atoms with Crippen molar-refractivity contribution in [1.29, 1.82) is 0 Å². The van der Waals surface area contributed by atoms with Gasteiger partial charge in [0.2, 0.25) is 5.91 Å². The second-order valence-corrected chi connectivity index (χ2v) is 4.87. The molecule has 0 unspecified atom stereocenters. The molecule has 6 heteroatoms. The first-order valence-corrected chi connectivity index (χ1v) is 6.61. The Hall–Kier alpha value is -1.82. The van der Waals surface area contributed by atoms with Gasteiger partial charge in [-0.2, -0.15) is 13.2 Å². The molecule has 1 aliphatic heterocycles. The molecule has 0 radical (unpaired) electrons. The molecule has 0 saturated carbocycles. The summed E-state index contributed by atoms with van der Waals surface area (Å²) in [6.07, 6.45) is -2.95. The number of carbonyl (C=O) groups is 1. The molecule has 0 spiro atoms. The Bertz CT molecular complexity index is 499. The van der Waals surface area contributed by atoms with E-state index in [9.17, 15) is 18.0 Å². The minimum absolute atomic E-state index is 0.118. The van der Waals surface area contributed by atoms with E-state index in [0.29, 0.717) is 13.0 Å². The maximum atomic E-state index is 12.0. The maximum absolute atomic E-state index is 12.0. The van der Waals surface area contributed by atoms with Gasteiger partial charge in [-0.15, -0.1) is 0 Å². The maximum Gasteiger partial charge on any atom is 0.392 e. The van der Waals surface area contributed by atoms with E-state index in [4.69, 9.17) is 4.74 Å². The van der Waals surface area contributed by atoms with E-state index in [0.717, 1.165) is 17.7 Å². The SMILES string of the molecule is O=C(C=CCC(F)(F)F)N1COC[C@H]1Cc1ccccc1. The lowest BCUT2D eigenvalue weighted by atomic mass is 10.1. The molecule has 2 rings (SSSR count). The van der Waals surface area contributed by atoms with Crippen molar-refractivity contribution in [3.05, 3.63) is 48.0 Å². The Morgan fingerprint density at radius 3 is 2.71 bits per heavy atom. The Morgan fingerprint density at radius 2 is 2.05 bits per heavy atom. The monoisotopic (exact) mass is 299 g/mol. The topological polar surface area (TPSA) is 29.5 Å². The molecule has 0 aromatic heterocycles. The Kier molecular flexibility index (Phi) is 5.01. The quantitative estimate of drug-likeness (QED) is 0.800. The summed E-state index contributed by atoms with van der Waals surface area (Å²) in [6, 6.07) is 9.45. The van der Waals surface area contributed by atoms with E-state index in [1.807, 2.05) is 30.3 Å². The van der Waals surface area contributed by atoms with Gasteiger partial charge in [-0.1, -0.05) is 36.4 Å². The van der Waals surface area contributed by atoms with E-state index in [-0.39, 0.29) is 12.8 Å². The summed E-state index contributed by atoms with van der Waals surface area (Å²) in [7, 11) is 0. The second kappa shape index (κ2) is 6.76. The zero-order valence-corrected chi connectivity index (χ0v) is 11.3. The molecule has 114 valence electrons. The van der Waals surface area contributed by atoms with Gasteiger partial charge >= 0.3 is 6.18 Å². The van der Waals surface area contributed by atoms with Crippen LogP contribution in [0.2, 0.25) is 0 Å². The number of alkyl halides is 3. The number of rotatable bonds is 4. The average molecular weight is 299 g/mol. The van der Waals surface area contributed by atoms with Crippen LogP contribution in [0.1, 0.15) is 12.0 Å². The molecule has 1 aromatic rings. The molecule has 1 amide bonds. The Balaban J connectivity index is 1.93. The Labute approximate surface area is 121 Å². The zero-order valence-electron chi connectivity index (χ0n) is 11.3. The van der Waals surface area contributed by atoms with Gasteiger partial charge in [0.1, 0.15) is 6.73 Å². The minimum atomic E-state index is -4.29. The summed E-state index contributed by atoms with van der Waals surface area (Å²) in [5, 5.41) is 0. The van der Waals surface area contributed by atoms with E-state index < -0.39 is 18.5 Å². The fraction of sp³-hybridized carbons (Fsp3) is 0.400.